The molecule has 2 amide bonds. The Balaban J connectivity index is 1.80. The third-order valence-corrected chi connectivity index (χ3v) is 5.51. The molecule has 0 spiro atoms. The maximum Gasteiger partial charge on any atom is 0.280 e. The quantitative estimate of drug-likeness (QED) is 0.370. The molecular weight excluding hydrogens is 474 g/mol. The van der Waals surface area contributed by atoms with Crippen molar-refractivity contribution in [2.75, 3.05) is 19.5 Å². The minimum absolute atomic E-state index is 0.0181. The number of methoxy groups -OCH3 is 2. The number of fused-ring (bicyclic) bond motifs is 1. The highest BCUT2D eigenvalue weighted by molar-refractivity contribution is 6.04. The van der Waals surface area contributed by atoms with Crippen molar-refractivity contribution in [2.45, 2.75) is 6.17 Å². The number of carbonyl (C=O) groups excluding carboxylic acids is 2. The Bertz CT molecular complexity index is 1380. The molecule has 3 aromatic carbocycles. The van der Waals surface area contributed by atoms with E-state index in [0.717, 1.165) is 23.2 Å². The van der Waals surface area contributed by atoms with Crippen molar-refractivity contribution in [2.24, 2.45) is 0 Å². The van der Waals surface area contributed by atoms with E-state index in [1.807, 2.05) is 0 Å². The highest BCUT2D eigenvalue weighted by Crippen LogP contribution is 2.41. The van der Waals surface area contributed by atoms with Gasteiger partial charge in [-0.25, -0.2) is 5.01 Å². The summed E-state index contributed by atoms with van der Waals surface area (Å²) in [5.74, 6) is -1.11. The van der Waals surface area contributed by atoms with Crippen molar-refractivity contribution in [3.63, 3.8) is 0 Å². The van der Waals surface area contributed by atoms with Crippen molar-refractivity contribution in [1.29, 1.82) is 0 Å². The molecule has 13 nitrogen and oxygen atoms in total. The van der Waals surface area contributed by atoms with E-state index in [-0.39, 0.29) is 39.6 Å². The first-order valence-electron chi connectivity index (χ1n) is 10.4. The number of non-ortho nitro benzene ring substituents is 1. The smallest absolute Gasteiger partial charge is 0.280 e. The van der Waals surface area contributed by atoms with Gasteiger partial charge in [-0.3, -0.25) is 35.2 Å². The third kappa shape index (κ3) is 4.32. The minimum atomic E-state index is -1.21. The standard InChI is InChI=1S/C23H19N5O8/c1-35-19-11-16(18(28(33)34)12-20(19)36-2)21-24-17-6-4-3-5-15(17)23(30)26(21)25-22(29)13-7-9-14(10-8-13)27(31)32/h3-12,21,24H,1-2H3,(H,25,29)/t21-/m1/s1. The summed E-state index contributed by atoms with van der Waals surface area (Å²) in [6.07, 6.45) is -1.21. The molecule has 36 heavy (non-hydrogen) atoms. The number of nitro benzene ring substituents is 2. The van der Waals surface area contributed by atoms with E-state index in [1.54, 1.807) is 18.2 Å². The summed E-state index contributed by atoms with van der Waals surface area (Å²) in [5.41, 5.74) is 2.55. The molecule has 3 aromatic rings. The summed E-state index contributed by atoms with van der Waals surface area (Å²) in [4.78, 5) is 48.0. The Morgan fingerprint density at radius 2 is 1.61 bits per heavy atom. The number of nitrogens with zero attached hydrogens (tertiary/aromatic N) is 3. The Morgan fingerprint density at radius 1 is 0.972 bits per heavy atom. The van der Waals surface area contributed by atoms with Crippen LogP contribution in [0.1, 0.15) is 32.4 Å². The van der Waals surface area contributed by atoms with E-state index in [9.17, 15) is 29.8 Å². The molecule has 0 unspecified atom stereocenters. The van der Waals surface area contributed by atoms with Crippen LogP contribution in [-0.4, -0.2) is 40.9 Å². The van der Waals surface area contributed by atoms with Crippen LogP contribution in [0.25, 0.3) is 0 Å². The van der Waals surface area contributed by atoms with E-state index in [0.29, 0.717) is 5.69 Å². The molecule has 1 aliphatic heterocycles. The van der Waals surface area contributed by atoms with E-state index in [2.05, 4.69) is 10.7 Å². The molecule has 2 N–H and O–H groups in total. The number of anilines is 1. The number of nitrogens with one attached hydrogen (secondary N) is 2. The van der Waals surface area contributed by atoms with Crippen LogP contribution in [0, 0.1) is 20.2 Å². The average molecular weight is 493 g/mol. The predicted molar refractivity (Wildman–Crippen MR) is 126 cm³/mol. The van der Waals surface area contributed by atoms with Crippen LogP contribution in [0.4, 0.5) is 17.1 Å². The summed E-state index contributed by atoms with van der Waals surface area (Å²) in [7, 11) is 2.69. The van der Waals surface area contributed by atoms with Gasteiger partial charge in [0.25, 0.3) is 23.2 Å². The Hall–Kier alpha value is -5.20. The fraction of sp³-hybridized carbons (Fsp3) is 0.130. The van der Waals surface area contributed by atoms with Crippen molar-refractivity contribution < 1.29 is 28.9 Å². The zero-order valence-electron chi connectivity index (χ0n) is 19.0. The van der Waals surface area contributed by atoms with Gasteiger partial charge in [0.2, 0.25) is 0 Å². The maximum atomic E-state index is 13.4. The fourth-order valence-electron chi connectivity index (χ4n) is 3.76. The number of hydrogen-bond acceptors (Lipinski definition) is 9. The van der Waals surface area contributed by atoms with Crippen LogP contribution in [0.2, 0.25) is 0 Å². The first kappa shape index (κ1) is 23.9. The second-order valence-electron chi connectivity index (χ2n) is 7.54. The highest BCUT2D eigenvalue weighted by Gasteiger charge is 2.38. The van der Waals surface area contributed by atoms with Gasteiger partial charge in [0.1, 0.15) is 0 Å². The van der Waals surface area contributed by atoms with Gasteiger partial charge in [-0.2, -0.15) is 0 Å². The normalized spacial score (nSPS) is 14.3. The zero-order valence-corrected chi connectivity index (χ0v) is 19.0. The zero-order chi connectivity index (χ0) is 26.0. The molecule has 0 aliphatic carbocycles. The summed E-state index contributed by atoms with van der Waals surface area (Å²) < 4.78 is 10.5. The summed E-state index contributed by atoms with van der Waals surface area (Å²) in [5, 5.41) is 26.8. The van der Waals surface area contributed by atoms with Crippen LogP contribution < -0.4 is 20.2 Å². The van der Waals surface area contributed by atoms with Crippen molar-refractivity contribution in [3.05, 3.63) is 97.6 Å². The number of para-hydroxylation sites is 1. The molecule has 1 heterocycles. The second kappa shape index (κ2) is 9.58. The van der Waals surface area contributed by atoms with Gasteiger partial charge < -0.3 is 14.8 Å². The summed E-state index contributed by atoms with van der Waals surface area (Å²) >= 11 is 0. The Morgan fingerprint density at radius 3 is 2.22 bits per heavy atom. The number of nitro groups is 2. The SMILES string of the molecule is COc1cc([C@@H]2Nc3ccccc3C(=O)N2NC(=O)c2ccc([N+](=O)[O-])cc2)c([N+](=O)[O-])cc1OC. The number of hydrazine groups is 1. The molecule has 0 saturated heterocycles. The lowest BCUT2D eigenvalue weighted by atomic mass is 10.0. The van der Waals surface area contributed by atoms with Gasteiger partial charge >= 0.3 is 0 Å². The fourth-order valence-corrected chi connectivity index (χ4v) is 3.76. The van der Waals surface area contributed by atoms with Crippen molar-refractivity contribution in [1.82, 2.24) is 10.4 Å². The van der Waals surface area contributed by atoms with Crippen LogP contribution in [-0.2, 0) is 0 Å². The van der Waals surface area contributed by atoms with Crippen molar-refractivity contribution in [3.8, 4) is 11.5 Å². The number of ether oxygens (including phenoxy) is 2. The van der Waals surface area contributed by atoms with Crippen LogP contribution >= 0.6 is 0 Å². The Labute approximate surface area is 203 Å². The molecule has 1 atom stereocenters. The van der Waals surface area contributed by atoms with Crippen LogP contribution in [0.3, 0.4) is 0 Å². The predicted octanol–water partition coefficient (Wildman–Crippen LogP) is 3.43. The lowest BCUT2D eigenvalue weighted by Gasteiger charge is -2.37. The average Bonchev–Trinajstić information content (AvgIpc) is 2.89. The van der Waals surface area contributed by atoms with E-state index in [1.165, 1.54) is 38.5 Å². The molecule has 0 aromatic heterocycles. The second-order valence-corrected chi connectivity index (χ2v) is 7.54. The number of benzene rings is 3. The van der Waals surface area contributed by atoms with E-state index >= 15 is 0 Å². The lowest BCUT2D eigenvalue weighted by Crippen LogP contribution is -2.53. The van der Waals surface area contributed by atoms with Gasteiger partial charge in [0, 0.05) is 23.4 Å². The molecule has 0 bridgehead atoms. The molecule has 0 fully saturated rings. The monoisotopic (exact) mass is 493 g/mol. The van der Waals surface area contributed by atoms with E-state index < -0.39 is 27.8 Å². The third-order valence-electron chi connectivity index (χ3n) is 5.51. The molecule has 184 valence electrons. The topological polar surface area (TPSA) is 166 Å². The molecule has 13 heteroatoms. The van der Waals surface area contributed by atoms with Gasteiger partial charge in [0.15, 0.2) is 17.7 Å². The summed E-state index contributed by atoms with van der Waals surface area (Å²) in [6, 6.07) is 13.8. The van der Waals surface area contributed by atoms with Crippen LogP contribution in [0.15, 0.2) is 60.7 Å². The molecule has 4 rings (SSSR count). The summed E-state index contributed by atoms with van der Waals surface area (Å²) in [6.45, 7) is 0. The van der Waals surface area contributed by atoms with Crippen molar-refractivity contribution >= 4 is 28.9 Å². The highest BCUT2D eigenvalue weighted by atomic mass is 16.6. The number of hydrogen-bond donors (Lipinski definition) is 2. The molecule has 1 aliphatic rings. The van der Waals surface area contributed by atoms with Gasteiger partial charge in [-0.15, -0.1) is 0 Å². The first-order chi connectivity index (χ1) is 17.2. The van der Waals surface area contributed by atoms with Crippen LogP contribution in [0.5, 0.6) is 11.5 Å². The largest absolute Gasteiger partial charge is 0.493 e. The lowest BCUT2D eigenvalue weighted by molar-refractivity contribution is -0.386. The van der Waals surface area contributed by atoms with Gasteiger partial charge in [0.05, 0.1) is 41.3 Å². The number of carbonyl (C=O) groups is 2. The van der Waals surface area contributed by atoms with Gasteiger partial charge in [-0.05, 0) is 30.3 Å². The molecule has 0 saturated carbocycles. The van der Waals surface area contributed by atoms with E-state index in [4.69, 9.17) is 9.47 Å². The minimum Gasteiger partial charge on any atom is -0.493 e. The first-order valence-corrected chi connectivity index (χ1v) is 10.4. The number of rotatable bonds is 7. The van der Waals surface area contributed by atoms with Gasteiger partial charge in [-0.1, -0.05) is 12.1 Å². The molecule has 0 radical (unpaired) electrons. The number of amides is 2. The Kier molecular flexibility index (Phi) is 6.37. The maximum absolute atomic E-state index is 13.4. The molecular formula is C23H19N5O8.